The molecule has 0 N–H and O–H groups in total. The molecule has 0 saturated carbocycles. The fourth-order valence-corrected chi connectivity index (χ4v) is 3.19. The number of likely N-dealkylation sites (tertiary alicyclic amines) is 1. The molecule has 0 unspecified atom stereocenters. The van der Waals surface area contributed by atoms with Crippen LogP contribution in [0.3, 0.4) is 0 Å². The Morgan fingerprint density at radius 3 is 2.67 bits per heavy atom. The number of hydrogen-bond acceptors (Lipinski definition) is 2. The Morgan fingerprint density at radius 2 is 2.13 bits per heavy atom. The number of thiophene rings is 1. The van der Waals surface area contributed by atoms with E-state index in [0.717, 1.165) is 34.6 Å². The highest BCUT2D eigenvalue weighted by molar-refractivity contribution is 9.11. The van der Waals surface area contributed by atoms with Crippen LogP contribution in [0.1, 0.15) is 22.5 Å². The van der Waals surface area contributed by atoms with Crippen LogP contribution in [0.15, 0.2) is 15.9 Å². The van der Waals surface area contributed by atoms with Gasteiger partial charge in [-0.2, -0.15) is 0 Å². The van der Waals surface area contributed by atoms with Crippen molar-refractivity contribution in [3.05, 3.63) is 20.8 Å². The smallest absolute Gasteiger partial charge is 0.263 e. The van der Waals surface area contributed by atoms with Gasteiger partial charge < -0.3 is 4.90 Å². The molecular formula is C10H11BrClNOS. The summed E-state index contributed by atoms with van der Waals surface area (Å²) < 4.78 is 0.998. The first-order valence-corrected chi connectivity index (χ1v) is 6.90. The van der Waals surface area contributed by atoms with Gasteiger partial charge in [0.1, 0.15) is 0 Å². The molecule has 0 atom stereocenters. The summed E-state index contributed by atoms with van der Waals surface area (Å²) in [7, 11) is 0. The van der Waals surface area contributed by atoms with Gasteiger partial charge in [-0.05, 0) is 40.9 Å². The van der Waals surface area contributed by atoms with Crippen molar-refractivity contribution in [3.63, 3.8) is 0 Å². The highest BCUT2D eigenvalue weighted by atomic mass is 79.9. The second-order valence-electron chi connectivity index (χ2n) is 3.57. The Balaban J connectivity index is 2.02. The molecule has 1 amide bonds. The van der Waals surface area contributed by atoms with E-state index < -0.39 is 0 Å². The molecule has 0 radical (unpaired) electrons. The minimum Gasteiger partial charge on any atom is -0.338 e. The Bertz CT molecular complexity index is 360. The van der Waals surface area contributed by atoms with Gasteiger partial charge in [0.2, 0.25) is 0 Å². The van der Waals surface area contributed by atoms with E-state index in [9.17, 15) is 4.79 Å². The highest BCUT2D eigenvalue weighted by Gasteiger charge is 2.23. The average Bonchev–Trinajstić information content (AvgIpc) is 2.65. The Morgan fingerprint density at radius 1 is 1.47 bits per heavy atom. The van der Waals surface area contributed by atoms with Crippen LogP contribution in [0.2, 0.25) is 0 Å². The molecule has 1 aliphatic rings. The van der Waals surface area contributed by atoms with Crippen LogP contribution in [-0.2, 0) is 0 Å². The number of rotatable bonds is 1. The Hall–Kier alpha value is -0.0600. The quantitative estimate of drug-likeness (QED) is 0.729. The molecule has 0 aromatic carbocycles. The van der Waals surface area contributed by atoms with Crippen LogP contribution < -0.4 is 0 Å². The number of alkyl halides is 1. The van der Waals surface area contributed by atoms with Gasteiger partial charge in [-0.3, -0.25) is 4.79 Å². The van der Waals surface area contributed by atoms with Crippen LogP contribution in [0.5, 0.6) is 0 Å². The molecule has 5 heteroatoms. The molecule has 2 rings (SSSR count). The first-order chi connectivity index (χ1) is 7.16. The molecule has 1 aromatic heterocycles. The summed E-state index contributed by atoms with van der Waals surface area (Å²) in [6.07, 6.45) is 1.81. The van der Waals surface area contributed by atoms with Crippen LogP contribution in [0.4, 0.5) is 0 Å². The minimum absolute atomic E-state index is 0.134. The third-order valence-electron chi connectivity index (χ3n) is 2.50. The first kappa shape index (κ1) is 11.4. The highest BCUT2D eigenvalue weighted by Crippen LogP contribution is 2.25. The SMILES string of the molecule is O=C(c1ccc(Br)s1)N1CCC(Cl)CC1. The van der Waals surface area contributed by atoms with Crippen molar-refractivity contribution in [3.8, 4) is 0 Å². The fraction of sp³-hybridized carbons (Fsp3) is 0.500. The van der Waals surface area contributed by atoms with E-state index in [2.05, 4.69) is 15.9 Å². The zero-order chi connectivity index (χ0) is 10.8. The summed E-state index contributed by atoms with van der Waals surface area (Å²) in [6.45, 7) is 1.56. The van der Waals surface area contributed by atoms with E-state index in [-0.39, 0.29) is 11.3 Å². The van der Waals surface area contributed by atoms with Crippen molar-refractivity contribution in [1.82, 2.24) is 4.90 Å². The maximum Gasteiger partial charge on any atom is 0.263 e. The molecule has 82 valence electrons. The minimum atomic E-state index is 0.134. The number of carbonyl (C=O) groups excluding carboxylic acids is 1. The molecular weight excluding hydrogens is 298 g/mol. The topological polar surface area (TPSA) is 20.3 Å². The lowest BCUT2D eigenvalue weighted by Gasteiger charge is -2.28. The van der Waals surface area contributed by atoms with Gasteiger partial charge >= 0.3 is 0 Å². The summed E-state index contributed by atoms with van der Waals surface area (Å²) in [5.74, 6) is 0.134. The summed E-state index contributed by atoms with van der Waals surface area (Å²) >= 11 is 10.8. The van der Waals surface area contributed by atoms with E-state index in [1.165, 1.54) is 11.3 Å². The van der Waals surface area contributed by atoms with Crippen LogP contribution >= 0.6 is 38.9 Å². The molecule has 2 heterocycles. The van der Waals surface area contributed by atoms with Gasteiger partial charge in [-0.1, -0.05) is 0 Å². The maximum atomic E-state index is 12.0. The van der Waals surface area contributed by atoms with Crippen molar-refractivity contribution in [2.24, 2.45) is 0 Å². The average molecular weight is 309 g/mol. The molecule has 2 nitrogen and oxygen atoms in total. The summed E-state index contributed by atoms with van der Waals surface area (Å²) in [4.78, 5) is 14.7. The van der Waals surface area contributed by atoms with Gasteiger partial charge in [0, 0.05) is 18.5 Å². The lowest BCUT2D eigenvalue weighted by molar-refractivity contribution is 0.0731. The van der Waals surface area contributed by atoms with Crippen molar-refractivity contribution >= 4 is 44.8 Å². The summed E-state index contributed by atoms with van der Waals surface area (Å²) in [5.41, 5.74) is 0. The zero-order valence-corrected chi connectivity index (χ0v) is 11.2. The van der Waals surface area contributed by atoms with Gasteiger partial charge in [-0.15, -0.1) is 22.9 Å². The lowest BCUT2D eigenvalue weighted by atomic mass is 10.1. The van der Waals surface area contributed by atoms with Crippen molar-refractivity contribution in [1.29, 1.82) is 0 Å². The molecule has 0 spiro atoms. The fourth-order valence-electron chi connectivity index (χ4n) is 1.64. The molecule has 1 aliphatic heterocycles. The lowest BCUT2D eigenvalue weighted by Crippen LogP contribution is -2.38. The van der Waals surface area contributed by atoms with Crippen LogP contribution in [-0.4, -0.2) is 29.3 Å². The van der Waals surface area contributed by atoms with Gasteiger partial charge in [-0.25, -0.2) is 0 Å². The Labute approximate surface area is 106 Å². The van der Waals surface area contributed by atoms with E-state index in [0.29, 0.717) is 0 Å². The predicted molar refractivity (Wildman–Crippen MR) is 66.8 cm³/mol. The molecule has 1 aromatic rings. The number of nitrogens with zero attached hydrogens (tertiary/aromatic N) is 1. The first-order valence-electron chi connectivity index (χ1n) is 4.85. The number of piperidine rings is 1. The number of hydrogen-bond donors (Lipinski definition) is 0. The van der Waals surface area contributed by atoms with Gasteiger partial charge in [0.15, 0.2) is 0 Å². The summed E-state index contributed by atoms with van der Waals surface area (Å²) in [5, 5.41) is 0.240. The molecule has 0 bridgehead atoms. The van der Waals surface area contributed by atoms with Gasteiger partial charge in [0.25, 0.3) is 5.91 Å². The standard InChI is InChI=1S/C10H11BrClNOS/c11-9-2-1-8(15-9)10(14)13-5-3-7(12)4-6-13/h1-2,7H,3-6H2. The monoisotopic (exact) mass is 307 g/mol. The second-order valence-corrected chi connectivity index (χ2v) is 6.65. The largest absolute Gasteiger partial charge is 0.338 e. The van der Waals surface area contributed by atoms with E-state index in [4.69, 9.17) is 11.6 Å². The maximum absolute atomic E-state index is 12.0. The number of carbonyl (C=O) groups is 1. The van der Waals surface area contributed by atoms with Crippen molar-refractivity contribution < 1.29 is 4.79 Å². The molecule has 1 fully saturated rings. The molecule has 0 aliphatic carbocycles. The number of halogens is 2. The molecule has 1 saturated heterocycles. The van der Waals surface area contributed by atoms with E-state index >= 15 is 0 Å². The van der Waals surface area contributed by atoms with E-state index in [1.54, 1.807) is 0 Å². The van der Waals surface area contributed by atoms with Crippen molar-refractivity contribution in [2.45, 2.75) is 18.2 Å². The zero-order valence-electron chi connectivity index (χ0n) is 8.08. The normalized spacial score (nSPS) is 18.1. The van der Waals surface area contributed by atoms with Gasteiger partial charge in [0.05, 0.1) is 8.66 Å². The molecule has 15 heavy (non-hydrogen) atoms. The third kappa shape index (κ3) is 2.74. The predicted octanol–water partition coefficient (Wildman–Crippen LogP) is 3.35. The van der Waals surface area contributed by atoms with Crippen LogP contribution in [0.25, 0.3) is 0 Å². The third-order valence-corrected chi connectivity index (χ3v) is 4.54. The summed E-state index contributed by atoms with van der Waals surface area (Å²) in [6, 6.07) is 3.77. The van der Waals surface area contributed by atoms with Crippen molar-refractivity contribution in [2.75, 3.05) is 13.1 Å². The number of amides is 1. The Kier molecular flexibility index (Phi) is 3.69. The van der Waals surface area contributed by atoms with E-state index in [1.807, 2.05) is 17.0 Å². The van der Waals surface area contributed by atoms with Crippen LogP contribution in [0, 0.1) is 0 Å². The second kappa shape index (κ2) is 4.85.